The van der Waals surface area contributed by atoms with E-state index in [2.05, 4.69) is 10.6 Å². The lowest BCUT2D eigenvalue weighted by Crippen LogP contribution is -2.34. The Morgan fingerprint density at radius 3 is 2.42 bits per heavy atom. The highest BCUT2D eigenvalue weighted by Gasteiger charge is 2.57. The molecule has 3 saturated carbocycles. The number of carbonyl (C=O) groups excluding carboxylic acids is 1. The molecule has 2 heterocycles. The first-order valence-corrected chi connectivity index (χ1v) is 13.0. The van der Waals surface area contributed by atoms with Crippen LogP contribution in [-0.2, 0) is 0 Å². The van der Waals surface area contributed by atoms with Gasteiger partial charge in [0.1, 0.15) is 5.82 Å². The predicted octanol–water partition coefficient (Wildman–Crippen LogP) is 4.41. The summed E-state index contributed by atoms with van der Waals surface area (Å²) in [6, 6.07) is 4.17. The first-order valence-electron chi connectivity index (χ1n) is 13.0. The normalized spacial score (nSPS) is 28.1. The Balaban J connectivity index is 1.26. The van der Waals surface area contributed by atoms with Gasteiger partial charge in [-0.2, -0.15) is 0 Å². The lowest BCUT2D eigenvalue weighted by atomic mass is 10.0. The number of nitrogens with one attached hydrogen (secondary N) is 2. The van der Waals surface area contributed by atoms with Gasteiger partial charge >= 0.3 is 6.09 Å². The zero-order valence-corrected chi connectivity index (χ0v) is 20.7. The summed E-state index contributed by atoms with van der Waals surface area (Å²) in [7, 11) is 0. The Kier molecular flexibility index (Phi) is 5.92. The van der Waals surface area contributed by atoms with Crippen LogP contribution in [0.25, 0.3) is 0 Å². The van der Waals surface area contributed by atoms with E-state index in [9.17, 15) is 32.7 Å². The molecule has 3 N–H and O–H groups in total. The number of hydrogen-bond acceptors (Lipinski definition) is 4. The molecule has 0 spiro atoms. The van der Waals surface area contributed by atoms with E-state index < -0.39 is 35.8 Å². The lowest BCUT2D eigenvalue weighted by molar-refractivity contribution is 0.0939. The average Bonchev–Trinajstić information content (AvgIpc) is 3.79. The first-order chi connectivity index (χ1) is 18.1. The second kappa shape index (κ2) is 9.06. The van der Waals surface area contributed by atoms with Crippen LogP contribution in [-0.4, -0.2) is 45.7 Å². The summed E-state index contributed by atoms with van der Waals surface area (Å²) < 4.78 is 42.7. The van der Waals surface area contributed by atoms with E-state index >= 15 is 0 Å². The molecule has 0 bridgehead atoms. The Labute approximate surface area is 216 Å². The lowest BCUT2D eigenvalue weighted by Gasteiger charge is -2.21. The molecular weight excluding hydrogens is 501 g/mol. The van der Waals surface area contributed by atoms with Crippen LogP contribution < -0.4 is 16.2 Å². The van der Waals surface area contributed by atoms with Crippen LogP contribution >= 0.6 is 0 Å². The number of amides is 2. The molecule has 1 aromatic carbocycles. The van der Waals surface area contributed by atoms with Gasteiger partial charge in [-0.3, -0.25) is 9.59 Å². The fraction of sp³-hybridized carbons (Fsp3) is 0.519. The molecule has 4 fully saturated rings. The Hall–Kier alpha value is -3.50. The number of carbonyl (C=O) groups is 2. The number of nitrogens with zero attached hydrogens (tertiary/aromatic N) is 2. The van der Waals surface area contributed by atoms with Crippen molar-refractivity contribution in [2.24, 2.45) is 23.7 Å². The number of alkyl halides is 2. The summed E-state index contributed by atoms with van der Waals surface area (Å²) in [4.78, 5) is 39.1. The third kappa shape index (κ3) is 4.41. The molecule has 38 heavy (non-hydrogen) atoms. The Morgan fingerprint density at radius 2 is 1.79 bits per heavy atom. The summed E-state index contributed by atoms with van der Waals surface area (Å²) in [5.74, 6) is -0.378. The molecule has 8 nitrogen and oxygen atoms in total. The summed E-state index contributed by atoms with van der Waals surface area (Å²) in [6.07, 6.45) is 0.796. The number of carboxylic acid groups (broad SMARTS) is 1. The highest BCUT2D eigenvalue weighted by atomic mass is 19.3. The van der Waals surface area contributed by atoms with Gasteiger partial charge in [0.25, 0.3) is 17.9 Å². The minimum atomic E-state index is -2.98. The third-order valence-corrected chi connectivity index (χ3v) is 8.61. The Bertz CT molecular complexity index is 1350. The largest absolute Gasteiger partial charge is 0.465 e. The molecular formula is C27H29F3N4O4. The zero-order valence-electron chi connectivity index (χ0n) is 20.7. The summed E-state index contributed by atoms with van der Waals surface area (Å²) >= 11 is 0. The molecule has 6 rings (SSSR count). The van der Waals surface area contributed by atoms with E-state index in [0.29, 0.717) is 30.6 Å². The van der Waals surface area contributed by atoms with Gasteiger partial charge in [-0.15, -0.1) is 0 Å². The number of piperidine rings is 1. The highest BCUT2D eigenvalue weighted by Crippen LogP contribution is 2.56. The van der Waals surface area contributed by atoms with Crippen LogP contribution in [0, 0.1) is 29.5 Å². The van der Waals surface area contributed by atoms with Gasteiger partial charge in [-0.1, -0.05) is 18.2 Å². The molecule has 2 aromatic rings. The van der Waals surface area contributed by atoms with E-state index in [-0.39, 0.29) is 40.6 Å². The van der Waals surface area contributed by atoms with Crippen molar-refractivity contribution in [3.63, 3.8) is 0 Å². The number of halogens is 3. The maximum Gasteiger partial charge on any atom is 0.407 e. The van der Waals surface area contributed by atoms with Crippen LogP contribution in [0.15, 0.2) is 35.3 Å². The van der Waals surface area contributed by atoms with Gasteiger partial charge in [-0.25, -0.2) is 18.0 Å². The number of likely N-dealkylation sites (tertiary alicyclic amines) is 1. The monoisotopic (exact) mass is 530 g/mol. The number of anilines is 1. The van der Waals surface area contributed by atoms with E-state index in [1.165, 1.54) is 30.0 Å². The van der Waals surface area contributed by atoms with Gasteiger partial charge < -0.3 is 25.2 Å². The summed E-state index contributed by atoms with van der Waals surface area (Å²) in [6.45, 7) is 2.29. The topological polar surface area (TPSA) is 104 Å². The van der Waals surface area contributed by atoms with Gasteiger partial charge in [0.15, 0.2) is 0 Å². The number of fused-ring (bicyclic) bond motifs is 1. The molecule has 0 unspecified atom stereocenters. The zero-order chi connectivity index (χ0) is 26.9. The van der Waals surface area contributed by atoms with Gasteiger partial charge in [0.05, 0.1) is 22.9 Å². The van der Waals surface area contributed by atoms with Crippen molar-refractivity contribution in [2.75, 3.05) is 18.4 Å². The van der Waals surface area contributed by atoms with Crippen molar-refractivity contribution in [3.8, 4) is 0 Å². The molecule has 1 aliphatic heterocycles. The molecule has 1 saturated heterocycles. The van der Waals surface area contributed by atoms with E-state index in [1.54, 1.807) is 10.8 Å². The Morgan fingerprint density at radius 1 is 1.11 bits per heavy atom. The van der Waals surface area contributed by atoms with E-state index in [4.69, 9.17) is 0 Å². The molecule has 0 radical (unpaired) electrons. The molecule has 1 aromatic heterocycles. The fourth-order valence-electron chi connectivity index (χ4n) is 6.16. The molecule has 4 aliphatic rings. The maximum absolute atomic E-state index is 14.7. The third-order valence-electron chi connectivity index (χ3n) is 8.61. The van der Waals surface area contributed by atoms with Gasteiger partial charge in [0, 0.05) is 54.8 Å². The van der Waals surface area contributed by atoms with Crippen LogP contribution in [0.5, 0.6) is 0 Å². The summed E-state index contributed by atoms with van der Waals surface area (Å²) in [5.41, 5.74) is -0.458. The minimum Gasteiger partial charge on any atom is -0.465 e. The van der Waals surface area contributed by atoms with Crippen LogP contribution in [0.4, 0.5) is 23.7 Å². The molecule has 11 heteroatoms. The van der Waals surface area contributed by atoms with Gasteiger partial charge in [0.2, 0.25) is 0 Å². The fourth-order valence-corrected chi connectivity index (χ4v) is 6.16. The quantitative estimate of drug-likeness (QED) is 0.469. The van der Waals surface area contributed by atoms with Crippen LogP contribution in [0.1, 0.15) is 66.2 Å². The SMILES string of the molecule is C[C@@H](NC(=O)c1cn([C@@H]2C[C@H]2C2CC2)c(=O)cc1N[C@@H]1[C@@H]2CN(C(=O)O)C[C@@H]21)c1cccc(C(F)F)c1F. The minimum absolute atomic E-state index is 0.0395. The average molecular weight is 531 g/mol. The smallest absolute Gasteiger partial charge is 0.407 e. The summed E-state index contributed by atoms with van der Waals surface area (Å²) in [5, 5.41) is 15.2. The second-order valence-corrected chi connectivity index (χ2v) is 11.1. The number of aromatic nitrogens is 1. The molecule has 3 aliphatic carbocycles. The van der Waals surface area contributed by atoms with Crippen LogP contribution in [0.3, 0.4) is 0 Å². The molecule has 6 atom stereocenters. The molecule has 2 amide bonds. The van der Waals surface area contributed by atoms with Crippen molar-refractivity contribution in [2.45, 2.75) is 50.7 Å². The predicted molar refractivity (Wildman–Crippen MR) is 132 cm³/mol. The van der Waals surface area contributed by atoms with Crippen molar-refractivity contribution >= 4 is 17.7 Å². The van der Waals surface area contributed by atoms with E-state index in [0.717, 1.165) is 25.3 Å². The second-order valence-electron chi connectivity index (χ2n) is 11.1. The van der Waals surface area contributed by atoms with Crippen molar-refractivity contribution in [3.05, 3.63) is 63.3 Å². The maximum atomic E-state index is 14.7. The standard InChI is InChI=1S/C27H29F3N4O4/c1-12(14-3-2-4-15(23(14)28)25(29)30)31-26(36)19-11-34(21-7-16(21)13-5-6-13)22(35)8-20(19)32-24-17-9-33(27(37)38)10-18(17)24/h2-4,8,11-13,16-18,21,24-25,32H,5-7,9-10H2,1H3,(H,31,36)(H,37,38)/t12-,16+,17-,18+,21-,24-/m1/s1. The van der Waals surface area contributed by atoms with Crippen molar-refractivity contribution in [1.29, 1.82) is 0 Å². The molecule has 202 valence electrons. The van der Waals surface area contributed by atoms with Gasteiger partial charge in [-0.05, 0) is 38.0 Å². The van der Waals surface area contributed by atoms with E-state index in [1.807, 2.05) is 0 Å². The van der Waals surface area contributed by atoms with Crippen molar-refractivity contribution < 1.29 is 27.9 Å². The highest BCUT2D eigenvalue weighted by molar-refractivity contribution is 5.99. The number of hydrogen-bond donors (Lipinski definition) is 3. The van der Waals surface area contributed by atoms with Crippen molar-refractivity contribution in [1.82, 2.24) is 14.8 Å². The first kappa shape index (κ1) is 24.8. The number of benzene rings is 1. The number of rotatable bonds is 8. The number of pyridine rings is 1. The van der Waals surface area contributed by atoms with Crippen LogP contribution in [0.2, 0.25) is 0 Å².